The number of nitrogens with one attached hydrogen (secondary N) is 1. The first-order chi connectivity index (χ1) is 17.5. The van der Waals surface area contributed by atoms with Crippen molar-refractivity contribution in [3.05, 3.63) is 35.6 Å². The van der Waals surface area contributed by atoms with Gasteiger partial charge in [-0.3, -0.25) is 4.79 Å². The van der Waals surface area contributed by atoms with Crippen LogP contribution in [0.4, 0.5) is 0 Å². The number of thioether (sulfide) groups is 1. The second kappa shape index (κ2) is 10.1. The van der Waals surface area contributed by atoms with Gasteiger partial charge < -0.3 is 14.5 Å². The summed E-state index contributed by atoms with van der Waals surface area (Å²) < 4.78 is 11.5. The van der Waals surface area contributed by atoms with E-state index in [1.54, 1.807) is 0 Å². The number of carbonyl (C=O) groups is 2. The van der Waals surface area contributed by atoms with E-state index < -0.39 is 5.97 Å². The minimum atomic E-state index is -0.539. The molecule has 194 valence electrons. The smallest absolute Gasteiger partial charge is 0.375 e. The average molecular weight is 510 g/mol. The number of fused-ring (bicyclic) bond motifs is 1. The summed E-state index contributed by atoms with van der Waals surface area (Å²) in [5.41, 5.74) is 1.83. The number of benzene rings is 1. The van der Waals surface area contributed by atoms with Gasteiger partial charge >= 0.3 is 5.97 Å². The molecule has 7 rings (SSSR count). The van der Waals surface area contributed by atoms with Crippen LogP contribution in [-0.4, -0.2) is 29.8 Å². The third-order valence-corrected chi connectivity index (χ3v) is 11.0. The second-order valence-electron chi connectivity index (χ2n) is 12.1. The maximum Gasteiger partial charge on any atom is 0.375 e. The SMILES string of the molecule is CC(NC(=O)COC(=O)c1oc2ccccc2c1CSC1CCCCC1)C12CC3CC(CC(C3)C1)C2. The molecule has 5 aliphatic rings. The van der Waals surface area contributed by atoms with Crippen molar-refractivity contribution in [2.45, 2.75) is 94.6 Å². The van der Waals surface area contributed by atoms with Gasteiger partial charge in [-0.1, -0.05) is 37.5 Å². The van der Waals surface area contributed by atoms with Crippen molar-refractivity contribution in [2.24, 2.45) is 23.2 Å². The highest BCUT2D eigenvalue weighted by Gasteiger charge is 2.53. The molecule has 5 saturated carbocycles. The van der Waals surface area contributed by atoms with Crippen molar-refractivity contribution in [3.8, 4) is 0 Å². The lowest BCUT2D eigenvalue weighted by molar-refractivity contribution is -0.128. The molecule has 1 unspecified atom stereocenters. The average Bonchev–Trinajstić information content (AvgIpc) is 3.24. The fourth-order valence-corrected chi connectivity index (χ4v) is 9.54. The van der Waals surface area contributed by atoms with Crippen LogP contribution in [0.2, 0.25) is 0 Å². The van der Waals surface area contributed by atoms with Gasteiger partial charge in [0.25, 0.3) is 5.91 Å². The number of carbonyl (C=O) groups excluding carboxylic acids is 2. The zero-order chi connectivity index (χ0) is 24.7. The van der Waals surface area contributed by atoms with E-state index in [9.17, 15) is 9.59 Å². The monoisotopic (exact) mass is 509 g/mol. The van der Waals surface area contributed by atoms with Gasteiger partial charge in [0.15, 0.2) is 6.61 Å². The van der Waals surface area contributed by atoms with Crippen LogP contribution in [-0.2, 0) is 15.3 Å². The van der Waals surface area contributed by atoms with E-state index in [0.717, 1.165) is 34.5 Å². The Hall–Kier alpha value is -1.95. The molecule has 1 amide bonds. The molecule has 6 heteroatoms. The Balaban J connectivity index is 1.08. The number of esters is 1. The van der Waals surface area contributed by atoms with Crippen molar-refractivity contribution in [2.75, 3.05) is 6.61 Å². The van der Waals surface area contributed by atoms with Crippen molar-refractivity contribution in [1.82, 2.24) is 5.32 Å². The number of para-hydroxylation sites is 1. The highest BCUT2D eigenvalue weighted by Crippen LogP contribution is 2.61. The third kappa shape index (κ3) is 4.82. The number of furan rings is 1. The molecule has 1 aromatic carbocycles. The molecule has 0 radical (unpaired) electrons. The molecular formula is C30H39NO4S. The minimum absolute atomic E-state index is 0.116. The molecule has 1 heterocycles. The van der Waals surface area contributed by atoms with Gasteiger partial charge in [0.2, 0.25) is 5.76 Å². The van der Waals surface area contributed by atoms with Crippen LogP contribution < -0.4 is 5.32 Å². The summed E-state index contributed by atoms with van der Waals surface area (Å²) >= 11 is 1.91. The van der Waals surface area contributed by atoms with Crippen molar-refractivity contribution in [1.29, 1.82) is 0 Å². The Morgan fingerprint density at radius 3 is 2.42 bits per heavy atom. The summed E-state index contributed by atoms with van der Waals surface area (Å²) in [4.78, 5) is 25.9. The summed E-state index contributed by atoms with van der Waals surface area (Å²) in [7, 11) is 0. The topological polar surface area (TPSA) is 68.5 Å². The maximum atomic E-state index is 13.1. The van der Waals surface area contributed by atoms with Gasteiger partial charge in [0.1, 0.15) is 5.58 Å². The van der Waals surface area contributed by atoms with Crippen LogP contribution in [0.25, 0.3) is 11.0 Å². The Kier molecular flexibility index (Phi) is 6.83. The first-order valence-corrected chi connectivity index (χ1v) is 15.1. The van der Waals surface area contributed by atoms with Crippen molar-refractivity contribution in [3.63, 3.8) is 0 Å². The first-order valence-electron chi connectivity index (χ1n) is 14.1. The van der Waals surface area contributed by atoms with Gasteiger partial charge in [-0.05, 0) is 87.5 Å². The van der Waals surface area contributed by atoms with E-state index in [-0.39, 0.29) is 29.7 Å². The van der Waals surface area contributed by atoms with Gasteiger partial charge in [-0.25, -0.2) is 4.79 Å². The molecule has 0 spiro atoms. The van der Waals surface area contributed by atoms with E-state index in [2.05, 4.69) is 12.2 Å². The molecule has 2 aromatic rings. The molecule has 1 aromatic heterocycles. The maximum absolute atomic E-state index is 13.1. The van der Waals surface area contributed by atoms with E-state index in [0.29, 0.717) is 10.8 Å². The number of amides is 1. The number of rotatable bonds is 8. The second-order valence-corrected chi connectivity index (χ2v) is 13.4. The fourth-order valence-electron chi connectivity index (χ4n) is 8.18. The van der Waals surface area contributed by atoms with Crippen LogP contribution in [0.3, 0.4) is 0 Å². The molecule has 5 fully saturated rings. The molecular weight excluding hydrogens is 470 g/mol. The highest BCUT2D eigenvalue weighted by atomic mass is 32.2. The van der Waals surface area contributed by atoms with Crippen LogP contribution in [0.15, 0.2) is 28.7 Å². The zero-order valence-electron chi connectivity index (χ0n) is 21.4. The lowest BCUT2D eigenvalue weighted by Crippen LogP contribution is -2.56. The molecule has 1 N–H and O–H groups in total. The van der Waals surface area contributed by atoms with E-state index >= 15 is 0 Å². The van der Waals surface area contributed by atoms with Crippen LogP contribution in [0.5, 0.6) is 0 Å². The standard InChI is InChI=1S/C30H39NO4S/c1-19(30-14-20-11-21(15-30)13-22(12-20)16-30)31-27(32)17-34-29(33)28-25(18-36-23-7-3-2-4-8-23)24-9-5-6-10-26(24)35-28/h5-6,9-10,19-23H,2-4,7-8,11-18H2,1H3,(H,31,32). The quantitative estimate of drug-likeness (QED) is 0.393. The Morgan fingerprint density at radius 1 is 1.06 bits per heavy atom. The lowest BCUT2D eigenvalue weighted by atomic mass is 9.48. The van der Waals surface area contributed by atoms with Crippen LogP contribution in [0.1, 0.15) is 93.7 Å². The van der Waals surface area contributed by atoms with Gasteiger partial charge in [-0.15, -0.1) is 0 Å². The highest BCUT2D eigenvalue weighted by molar-refractivity contribution is 7.99. The Bertz CT molecular complexity index is 1080. The summed E-state index contributed by atoms with van der Waals surface area (Å²) in [6, 6.07) is 7.90. The molecule has 0 saturated heterocycles. The summed E-state index contributed by atoms with van der Waals surface area (Å²) in [6.07, 6.45) is 14.2. The molecule has 0 aliphatic heterocycles. The van der Waals surface area contributed by atoms with E-state index in [1.165, 1.54) is 70.6 Å². The largest absolute Gasteiger partial charge is 0.450 e. The molecule has 5 aliphatic carbocycles. The molecule has 4 bridgehead atoms. The predicted molar refractivity (Wildman–Crippen MR) is 143 cm³/mol. The van der Waals surface area contributed by atoms with Gasteiger partial charge in [0, 0.05) is 28.0 Å². The predicted octanol–water partition coefficient (Wildman–Crippen LogP) is 6.88. The van der Waals surface area contributed by atoms with Crippen molar-refractivity contribution < 1.29 is 18.7 Å². The number of hydrogen-bond donors (Lipinski definition) is 1. The van der Waals surface area contributed by atoms with Gasteiger partial charge in [0.05, 0.1) is 0 Å². The summed E-state index contributed by atoms with van der Waals surface area (Å²) in [5.74, 6) is 2.75. The molecule has 5 nitrogen and oxygen atoms in total. The third-order valence-electron chi connectivity index (χ3n) is 9.62. The molecule has 1 atom stereocenters. The summed E-state index contributed by atoms with van der Waals surface area (Å²) in [6.45, 7) is 1.90. The first kappa shape index (κ1) is 24.4. The van der Waals surface area contributed by atoms with E-state index in [1.807, 2.05) is 36.0 Å². The zero-order valence-corrected chi connectivity index (χ0v) is 22.2. The van der Waals surface area contributed by atoms with Gasteiger partial charge in [-0.2, -0.15) is 11.8 Å². The number of hydrogen-bond acceptors (Lipinski definition) is 5. The van der Waals surface area contributed by atoms with E-state index in [4.69, 9.17) is 9.15 Å². The minimum Gasteiger partial charge on any atom is -0.450 e. The van der Waals surface area contributed by atoms with Crippen LogP contribution >= 0.6 is 11.8 Å². The lowest BCUT2D eigenvalue weighted by Gasteiger charge is -2.59. The Labute approximate surface area is 218 Å². The van der Waals surface area contributed by atoms with Crippen molar-refractivity contribution >= 4 is 34.6 Å². The number of ether oxygens (including phenoxy) is 1. The summed E-state index contributed by atoms with van der Waals surface area (Å²) in [5, 5.41) is 4.80. The fraction of sp³-hybridized carbons (Fsp3) is 0.667. The Morgan fingerprint density at radius 2 is 1.72 bits per heavy atom. The van der Waals surface area contributed by atoms with Crippen LogP contribution in [0, 0.1) is 23.2 Å². The molecule has 36 heavy (non-hydrogen) atoms. The normalized spacial score (nSPS) is 30.4.